The van der Waals surface area contributed by atoms with E-state index in [2.05, 4.69) is 4.98 Å². The number of aromatic amines is 1. The third-order valence-electron chi connectivity index (χ3n) is 3.77. The van der Waals surface area contributed by atoms with Crippen LogP contribution in [0.4, 0.5) is 0 Å². The van der Waals surface area contributed by atoms with Gasteiger partial charge < -0.3 is 14.8 Å². The zero-order valence-corrected chi connectivity index (χ0v) is 13.0. The van der Waals surface area contributed by atoms with Gasteiger partial charge in [-0.1, -0.05) is 30.3 Å². The van der Waals surface area contributed by atoms with Crippen LogP contribution in [0.2, 0.25) is 0 Å². The van der Waals surface area contributed by atoms with Gasteiger partial charge in [-0.15, -0.1) is 0 Å². The van der Waals surface area contributed by atoms with Gasteiger partial charge in [0.25, 0.3) is 0 Å². The third-order valence-corrected chi connectivity index (χ3v) is 3.77. The van der Waals surface area contributed by atoms with E-state index in [1.807, 2.05) is 31.2 Å². The average Bonchev–Trinajstić information content (AvgIpc) is 2.88. The van der Waals surface area contributed by atoms with E-state index in [0.717, 1.165) is 22.2 Å². The van der Waals surface area contributed by atoms with Crippen LogP contribution in [0.3, 0.4) is 0 Å². The Bertz CT molecular complexity index is 906. The molecule has 3 aromatic rings. The van der Waals surface area contributed by atoms with Crippen LogP contribution in [0.25, 0.3) is 17.0 Å². The van der Waals surface area contributed by atoms with E-state index in [-0.39, 0.29) is 11.5 Å². The number of nitrogens with one attached hydrogen (secondary N) is 1. The zero-order valence-electron chi connectivity index (χ0n) is 13.0. The van der Waals surface area contributed by atoms with Crippen LogP contribution in [-0.4, -0.2) is 23.0 Å². The molecule has 0 radical (unpaired) electrons. The number of fused-ring (bicyclic) bond motifs is 1. The highest BCUT2D eigenvalue weighted by atomic mass is 16.5. The number of hydrogen-bond donors (Lipinski definition) is 2. The molecule has 0 fully saturated rings. The van der Waals surface area contributed by atoms with Crippen molar-refractivity contribution in [2.24, 2.45) is 0 Å². The molecule has 2 N–H and O–H groups in total. The minimum Gasteiger partial charge on any atom is -0.504 e. The number of ether oxygens (including phenoxy) is 1. The highest BCUT2D eigenvalue weighted by molar-refractivity contribution is 6.15. The second kappa shape index (κ2) is 6.01. The Kier molecular flexibility index (Phi) is 3.89. The van der Waals surface area contributed by atoms with Gasteiger partial charge in [-0.25, -0.2) is 0 Å². The fourth-order valence-electron chi connectivity index (χ4n) is 2.66. The van der Waals surface area contributed by atoms with Crippen molar-refractivity contribution < 1.29 is 14.6 Å². The first-order valence-electron chi connectivity index (χ1n) is 7.27. The lowest BCUT2D eigenvalue weighted by molar-refractivity contribution is 0.104. The molecule has 0 aliphatic rings. The van der Waals surface area contributed by atoms with Crippen LogP contribution < -0.4 is 4.74 Å². The minimum absolute atomic E-state index is 0.0466. The molecule has 0 unspecified atom stereocenters. The Balaban J connectivity index is 1.91. The summed E-state index contributed by atoms with van der Waals surface area (Å²) in [6.07, 6.45) is 3.20. The fraction of sp³-hybridized carbons (Fsp3) is 0.105. The Morgan fingerprint density at radius 2 is 2.00 bits per heavy atom. The summed E-state index contributed by atoms with van der Waals surface area (Å²) >= 11 is 0. The van der Waals surface area contributed by atoms with Crippen molar-refractivity contribution in [3.8, 4) is 11.5 Å². The molecule has 0 atom stereocenters. The molecule has 0 amide bonds. The second-order valence-electron chi connectivity index (χ2n) is 5.30. The molecule has 1 heterocycles. The molecular formula is C19H17NO3. The SMILES string of the molecule is COc1ccc(C=CC(=O)c2c(C)[nH]c3ccccc23)cc1O. The summed E-state index contributed by atoms with van der Waals surface area (Å²) in [5.74, 6) is 0.376. The molecular weight excluding hydrogens is 290 g/mol. The van der Waals surface area contributed by atoms with Gasteiger partial charge in [0, 0.05) is 16.6 Å². The molecule has 0 bridgehead atoms. The highest BCUT2D eigenvalue weighted by Gasteiger charge is 2.13. The van der Waals surface area contributed by atoms with E-state index in [0.29, 0.717) is 11.3 Å². The number of para-hydroxylation sites is 1. The number of phenolic OH excluding ortho intramolecular Hbond substituents is 1. The minimum atomic E-state index is -0.0738. The number of phenols is 1. The van der Waals surface area contributed by atoms with Crippen LogP contribution >= 0.6 is 0 Å². The van der Waals surface area contributed by atoms with Crippen molar-refractivity contribution in [1.29, 1.82) is 0 Å². The van der Waals surface area contributed by atoms with Gasteiger partial charge in [-0.3, -0.25) is 4.79 Å². The number of rotatable bonds is 4. The summed E-state index contributed by atoms with van der Waals surface area (Å²) in [6, 6.07) is 12.7. The highest BCUT2D eigenvalue weighted by Crippen LogP contribution is 2.27. The summed E-state index contributed by atoms with van der Waals surface area (Å²) < 4.78 is 5.00. The predicted molar refractivity (Wildman–Crippen MR) is 91.1 cm³/mol. The molecule has 4 heteroatoms. The number of carbonyl (C=O) groups is 1. The fourth-order valence-corrected chi connectivity index (χ4v) is 2.66. The normalized spacial score (nSPS) is 11.2. The lowest BCUT2D eigenvalue weighted by atomic mass is 10.1. The van der Waals surface area contributed by atoms with Gasteiger partial charge >= 0.3 is 0 Å². The van der Waals surface area contributed by atoms with E-state index >= 15 is 0 Å². The van der Waals surface area contributed by atoms with Gasteiger partial charge in [0.15, 0.2) is 17.3 Å². The van der Waals surface area contributed by atoms with Crippen molar-refractivity contribution in [3.63, 3.8) is 0 Å². The summed E-state index contributed by atoms with van der Waals surface area (Å²) in [7, 11) is 1.49. The lowest BCUT2D eigenvalue weighted by Crippen LogP contribution is -1.95. The number of aryl methyl sites for hydroxylation is 1. The number of aromatic nitrogens is 1. The van der Waals surface area contributed by atoms with Gasteiger partial charge in [0.1, 0.15) is 0 Å². The molecule has 0 saturated carbocycles. The first-order valence-corrected chi connectivity index (χ1v) is 7.27. The van der Waals surface area contributed by atoms with Gasteiger partial charge in [-0.2, -0.15) is 0 Å². The number of carbonyl (C=O) groups excluding carboxylic acids is 1. The lowest BCUT2D eigenvalue weighted by Gasteiger charge is -2.03. The molecule has 23 heavy (non-hydrogen) atoms. The molecule has 116 valence electrons. The van der Waals surface area contributed by atoms with Gasteiger partial charge in [0.05, 0.1) is 12.7 Å². The second-order valence-corrected chi connectivity index (χ2v) is 5.30. The summed E-state index contributed by atoms with van der Waals surface area (Å²) in [6.45, 7) is 1.89. The topological polar surface area (TPSA) is 62.3 Å². The van der Waals surface area contributed by atoms with E-state index in [1.54, 1.807) is 24.3 Å². The Labute approximate surface area is 134 Å². The number of benzene rings is 2. The summed E-state index contributed by atoms with van der Waals surface area (Å²) in [5, 5.41) is 10.7. The quantitative estimate of drug-likeness (QED) is 0.564. The first kappa shape index (κ1) is 14.9. The zero-order chi connectivity index (χ0) is 16.4. The monoisotopic (exact) mass is 307 g/mol. The van der Waals surface area contributed by atoms with Crippen LogP contribution in [0, 0.1) is 6.92 Å². The maximum absolute atomic E-state index is 12.5. The van der Waals surface area contributed by atoms with Crippen LogP contribution in [0.1, 0.15) is 21.6 Å². The maximum Gasteiger partial charge on any atom is 0.188 e. The maximum atomic E-state index is 12.5. The third kappa shape index (κ3) is 2.83. The van der Waals surface area contributed by atoms with Crippen LogP contribution in [0.5, 0.6) is 11.5 Å². The number of hydrogen-bond acceptors (Lipinski definition) is 3. The molecule has 0 saturated heterocycles. The van der Waals surface area contributed by atoms with Crippen molar-refractivity contribution in [2.45, 2.75) is 6.92 Å². The number of methoxy groups -OCH3 is 1. The first-order chi connectivity index (χ1) is 11.1. The number of ketones is 1. The molecule has 0 aliphatic carbocycles. The van der Waals surface area contributed by atoms with Crippen molar-refractivity contribution in [3.05, 3.63) is 65.4 Å². The molecule has 4 nitrogen and oxygen atoms in total. The largest absolute Gasteiger partial charge is 0.504 e. The molecule has 3 rings (SSSR count). The van der Waals surface area contributed by atoms with Crippen molar-refractivity contribution in [2.75, 3.05) is 7.11 Å². The molecule has 1 aromatic heterocycles. The predicted octanol–water partition coefficient (Wildman–Crippen LogP) is 4.09. The summed E-state index contributed by atoms with van der Waals surface area (Å²) in [4.78, 5) is 15.7. The standard InChI is InChI=1S/C19H17NO3/c1-12-19(14-5-3-4-6-15(14)20-12)16(21)9-7-13-8-10-18(23-2)17(22)11-13/h3-11,20,22H,1-2H3. The molecule has 0 spiro atoms. The van der Waals surface area contributed by atoms with Crippen molar-refractivity contribution in [1.82, 2.24) is 4.98 Å². The van der Waals surface area contributed by atoms with Crippen molar-refractivity contribution >= 4 is 22.8 Å². The van der Waals surface area contributed by atoms with Gasteiger partial charge in [-0.05, 0) is 36.8 Å². The van der Waals surface area contributed by atoms with E-state index in [9.17, 15) is 9.90 Å². The number of H-pyrrole nitrogens is 1. The molecule has 2 aromatic carbocycles. The Hall–Kier alpha value is -3.01. The smallest absolute Gasteiger partial charge is 0.188 e. The Morgan fingerprint density at radius 1 is 1.22 bits per heavy atom. The number of aromatic hydroxyl groups is 1. The Morgan fingerprint density at radius 3 is 2.74 bits per heavy atom. The average molecular weight is 307 g/mol. The van der Waals surface area contributed by atoms with E-state index in [4.69, 9.17) is 4.74 Å². The van der Waals surface area contributed by atoms with Crippen LogP contribution in [-0.2, 0) is 0 Å². The van der Waals surface area contributed by atoms with E-state index < -0.39 is 0 Å². The van der Waals surface area contributed by atoms with E-state index in [1.165, 1.54) is 13.2 Å². The number of allylic oxidation sites excluding steroid dienone is 1. The summed E-state index contributed by atoms with van der Waals surface area (Å²) in [5.41, 5.74) is 3.20. The van der Waals surface area contributed by atoms with Crippen LogP contribution in [0.15, 0.2) is 48.5 Å². The molecule has 0 aliphatic heterocycles. The van der Waals surface area contributed by atoms with Gasteiger partial charge in [0.2, 0.25) is 0 Å².